The average Bonchev–Trinajstić information content (AvgIpc) is 0.918. The summed E-state index contributed by atoms with van der Waals surface area (Å²) in [6, 6.07) is 0. The molecule has 0 bridgehead atoms. The Morgan fingerprint density at radius 1 is 1.20 bits per heavy atom. The second-order valence-electron chi connectivity index (χ2n) is 0.0632. The Morgan fingerprint density at radius 2 is 1.20 bits per heavy atom. The van der Waals surface area contributed by atoms with Crippen LogP contribution in [0.1, 0.15) is 0 Å². The van der Waals surface area contributed by atoms with Crippen LogP contribution >= 0.6 is 0 Å². The summed E-state index contributed by atoms with van der Waals surface area (Å²) in [6.07, 6.45) is 0. The molecule has 0 spiro atoms. The predicted octanol–water partition coefficient (Wildman–Crippen LogP) is -1.12. The molecule has 0 aromatic carbocycles. The fourth-order valence-electron chi connectivity index (χ4n) is 0. The molecule has 0 fully saturated rings. The molecule has 0 radical (unpaired) electrons. The van der Waals surface area contributed by atoms with Crippen molar-refractivity contribution in [1.82, 2.24) is 0 Å². The average molecular weight is 344 g/mol. The Labute approximate surface area is 60.2 Å². The van der Waals surface area contributed by atoms with Crippen molar-refractivity contribution < 1.29 is 60.4 Å². The van der Waals surface area contributed by atoms with Crippen LogP contribution in [0.3, 0.4) is 0 Å². The Bertz CT molecular complexity index is 9.61. The van der Waals surface area contributed by atoms with Crippen LogP contribution < -0.4 is 0 Å². The quantitative estimate of drug-likeness (QED) is 0.547. The van der Waals surface area contributed by atoms with Gasteiger partial charge in [0.2, 0.25) is 0 Å². The molecule has 0 amide bonds. The molecule has 0 aliphatic carbocycles. The summed E-state index contributed by atoms with van der Waals surface area (Å²) in [5.74, 6) is 0. The van der Waals surface area contributed by atoms with Gasteiger partial charge >= 0.3 is 26.8 Å². The second-order valence-corrected chi connectivity index (χ2v) is 0.518. The molecule has 0 aromatic heterocycles. The molecule has 0 aliphatic heterocycles. The third-order valence-electron chi connectivity index (χ3n) is 0. The Hall–Kier alpha value is 1.62. The van der Waals surface area contributed by atoms with Gasteiger partial charge in [-0.05, 0) is 0 Å². The Kier molecular flexibility index (Phi) is 55.8. The molecule has 0 unspecified atom stereocenters. The molecule has 0 saturated heterocycles. The first kappa shape index (κ1) is 16.0. The SMILES string of the molecule is [Fe].[Ni].[OH][Pt][OH]. The fourth-order valence-corrected chi connectivity index (χ4v) is 0. The maximum absolute atomic E-state index is 7.24. The van der Waals surface area contributed by atoms with Gasteiger partial charge < -0.3 is 0 Å². The van der Waals surface area contributed by atoms with Crippen molar-refractivity contribution in [3.8, 4) is 0 Å². The first-order chi connectivity index (χ1) is 1.41. The summed E-state index contributed by atoms with van der Waals surface area (Å²) in [7, 11) is 0. The van der Waals surface area contributed by atoms with Crippen LogP contribution in [-0.4, -0.2) is 7.52 Å². The van der Waals surface area contributed by atoms with E-state index in [0.717, 1.165) is 0 Å². The van der Waals surface area contributed by atoms with Gasteiger partial charge in [0.25, 0.3) is 0 Å². The van der Waals surface area contributed by atoms with Gasteiger partial charge in [0, 0.05) is 33.6 Å². The molecule has 42 valence electrons. The zero-order valence-corrected chi connectivity index (χ0v) is 6.24. The predicted molar refractivity (Wildman–Crippen MR) is 4.44 cm³/mol. The number of hydrogen-bond donors (Lipinski definition) is 2. The fraction of sp³-hybridized carbons (Fsp3) is 0. The van der Waals surface area contributed by atoms with E-state index in [9.17, 15) is 0 Å². The summed E-state index contributed by atoms with van der Waals surface area (Å²) in [5.41, 5.74) is 0. The molecule has 0 heterocycles. The molecule has 2 N–H and O–H groups in total. The topological polar surface area (TPSA) is 40.5 Å². The molecule has 0 aliphatic rings. The zero-order valence-electron chi connectivity index (χ0n) is 1.88. The van der Waals surface area contributed by atoms with Crippen LogP contribution in [0.4, 0.5) is 0 Å². The third kappa shape index (κ3) is 28.0. The minimum atomic E-state index is -1.42. The van der Waals surface area contributed by atoms with Crippen molar-refractivity contribution >= 4 is 0 Å². The summed E-state index contributed by atoms with van der Waals surface area (Å²) in [6.45, 7) is 0. The van der Waals surface area contributed by atoms with Gasteiger partial charge in [-0.15, -0.1) is 0 Å². The normalized spacial score (nSPS) is 4.40. The van der Waals surface area contributed by atoms with Crippen LogP contribution in [-0.2, 0) is 52.9 Å². The van der Waals surface area contributed by atoms with E-state index in [0.29, 0.717) is 0 Å². The third-order valence-corrected chi connectivity index (χ3v) is 0. The van der Waals surface area contributed by atoms with Crippen LogP contribution in [0.25, 0.3) is 0 Å². The van der Waals surface area contributed by atoms with E-state index in [1.54, 1.807) is 0 Å². The molecule has 0 aromatic rings. The maximum atomic E-state index is 7.24. The standard InChI is InChI=1S/Fe.Ni.2H2O.Pt/h;;2*1H2;/q;;;;+2/p-2. The van der Waals surface area contributed by atoms with Crippen LogP contribution in [0.15, 0.2) is 0 Å². The Morgan fingerprint density at radius 3 is 1.20 bits per heavy atom. The van der Waals surface area contributed by atoms with Gasteiger partial charge in [0.15, 0.2) is 0 Å². The van der Waals surface area contributed by atoms with E-state index in [2.05, 4.69) is 0 Å². The second kappa shape index (κ2) is 17.5. The Balaban J connectivity index is -0.0000000200. The van der Waals surface area contributed by atoms with Crippen molar-refractivity contribution in [3.05, 3.63) is 0 Å². The van der Waals surface area contributed by atoms with Crippen molar-refractivity contribution in [3.63, 3.8) is 0 Å². The first-order valence-corrected chi connectivity index (χ1v) is 2.32. The van der Waals surface area contributed by atoms with Gasteiger partial charge in [-0.25, -0.2) is 0 Å². The van der Waals surface area contributed by atoms with Gasteiger partial charge in [-0.3, -0.25) is 0 Å². The van der Waals surface area contributed by atoms with Crippen LogP contribution in [0, 0.1) is 0 Å². The summed E-state index contributed by atoms with van der Waals surface area (Å²) >= 11 is -1.42. The minimum absolute atomic E-state index is 0. The van der Waals surface area contributed by atoms with Gasteiger partial charge in [0.1, 0.15) is 0 Å². The first-order valence-electron chi connectivity index (χ1n) is 0.283. The summed E-state index contributed by atoms with van der Waals surface area (Å²) < 4.78 is 14.5. The van der Waals surface area contributed by atoms with Crippen LogP contribution in [0.2, 0.25) is 0 Å². The van der Waals surface area contributed by atoms with E-state index >= 15 is 0 Å². The summed E-state index contributed by atoms with van der Waals surface area (Å²) in [4.78, 5) is 0. The van der Waals surface area contributed by atoms with Crippen molar-refractivity contribution in [2.75, 3.05) is 0 Å². The molecule has 2 nitrogen and oxygen atoms in total. The summed E-state index contributed by atoms with van der Waals surface area (Å²) in [5, 5.41) is 0. The monoisotopic (exact) mass is 343 g/mol. The molecule has 0 rings (SSSR count). The van der Waals surface area contributed by atoms with E-state index in [1.165, 1.54) is 0 Å². The zero-order chi connectivity index (χ0) is 2.71. The van der Waals surface area contributed by atoms with Crippen molar-refractivity contribution in [2.24, 2.45) is 0 Å². The van der Waals surface area contributed by atoms with E-state index in [-0.39, 0.29) is 33.6 Å². The molecular weight excluding hydrogens is 342 g/mol. The van der Waals surface area contributed by atoms with Crippen molar-refractivity contribution in [1.29, 1.82) is 0 Å². The molecule has 5 heteroatoms. The molecule has 0 saturated carbocycles. The molecular formula is H2FeNiO2Pt. The van der Waals surface area contributed by atoms with E-state index < -0.39 is 19.3 Å². The molecule has 5 heavy (non-hydrogen) atoms. The van der Waals surface area contributed by atoms with E-state index in [4.69, 9.17) is 7.52 Å². The van der Waals surface area contributed by atoms with Gasteiger partial charge in [-0.1, -0.05) is 0 Å². The number of hydrogen-bond acceptors (Lipinski definition) is 2. The van der Waals surface area contributed by atoms with Crippen LogP contribution in [0.5, 0.6) is 0 Å². The van der Waals surface area contributed by atoms with Gasteiger partial charge in [0.05, 0.1) is 0 Å². The molecule has 0 atom stereocenters. The number of rotatable bonds is 0. The van der Waals surface area contributed by atoms with Crippen molar-refractivity contribution in [2.45, 2.75) is 0 Å². The van der Waals surface area contributed by atoms with Gasteiger partial charge in [-0.2, -0.15) is 0 Å². The van der Waals surface area contributed by atoms with E-state index in [1.807, 2.05) is 0 Å².